The Kier molecular flexibility index (Phi) is 6.68. The average molecular weight is 354 g/mol. The van der Waals surface area contributed by atoms with E-state index in [9.17, 15) is 14.0 Å². The minimum Gasteiger partial charge on any atom is -0.493 e. The average Bonchev–Trinajstić information content (AvgIpc) is 2.64. The number of benzene rings is 2. The number of rotatable bonds is 7. The lowest BCUT2D eigenvalue weighted by Gasteiger charge is -2.08. The van der Waals surface area contributed by atoms with Gasteiger partial charge in [0.2, 0.25) is 11.8 Å². The zero-order chi connectivity index (χ0) is 18.9. The zero-order valence-electron chi connectivity index (χ0n) is 14.3. The van der Waals surface area contributed by atoms with Crippen LogP contribution in [0.5, 0.6) is 5.75 Å². The van der Waals surface area contributed by atoms with Crippen LogP contribution in [0.1, 0.15) is 12.5 Å². The summed E-state index contributed by atoms with van der Waals surface area (Å²) < 4.78 is 19.2. The van der Waals surface area contributed by atoms with E-state index in [0.717, 1.165) is 17.7 Å². The number of nitrogens with one attached hydrogen (secondary N) is 2. The summed E-state index contributed by atoms with van der Waals surface area (Å²) in [6.45, 7) is 5.71. The van der Waals surface area contributed by atoms with Gasteiger partial charge in [-0.3, -0.25) is 9.59 Å². The molecule has 0 aliphatic carbocycles. The highest BCUT2D eigenvalue weighted by molar-refractivity contribution is 6.03. The van der Waals surface area contributed by atoms with Crippen molar-refractivity contribution in [2.75, 3.05) is 17.2 Å². The Balaban J connectivity index is 2.09. The molecule has 0 radical (unpaired) electrons. The Hall–Kier alpha value is -3.41. The fraction of sp³-hybridized carbons (Fsp3) is 0.100. The summed E-state index contributed by atoms with van der Waals surface area (Å²) in [6, 6.07) is 11.2. The quantitative estimate of drug-likeness (QED) is 0.739. The van der Waals surface area contributed by atoms with Crippen molar-refractivity contribution in [2.24, 2.45) is 0 Å². The van der Waals surface area contributed by atoms with Gasteiger partial charge in [0.25, 0.3) is 0 Å². The highest BCUT2D eigenvalue weighted by Crippen LogP contribution is 2.21. The van der Waals surface area contributed by atoms with Crippen molar-refractivity contribution in [3.63, 3.8) is 0 Å². The first-order valence-electron chi connectivity index (χ1n) is 7.97. The molecule has 134 valence electrons. The van der Waals surface area contributed by atoms with Gasteiger partial charge in [0.15, 0.2) is 0 Å². The van der Waals surface area contributed by atoms with Crippen LogP contribution in [0.4, 0.5) is 15.8 Å². The van der Waals surface area contributed by atoms with E-state index >= 15 is 0 Å². The number of anilines is 2. The zero-order valence-corrected chi connectivity index (χ0v) is 14.3. The van der Waals surface area contributed by atoms with Crippen molar-refractivity contribution >= 4 is 29.3 Å². The highest BCUT2D eigenvalue weighted by atomic mass is 19.1. The minimum absolute atomic E-state index is 0.0432. The first-order valence-corrected chi connectivity index (χ1v) is 7.97. The molecule has 0 saturated heterocycles. The molecule has 2 rings (SSSR count). The van der Waals surface area contributed by atoms with Crippen molar-refractivity contribution in [1.29, 1.82) is 0 Å². The van der Waals surface area contributed by atoms with E-state index < -0.39 is 17.6 Å². The monoisotopic (exact) mass is 354 g/mol. The van der Waals surface area contributed by atoms with Gasteiger partial charge < -0.3 is 15.4 Å². The van der Waals surface area contributed by atoms with Crippen molar-refractivity contribution in [2.45, 2.75) is 6.92 Å². The summed E-state index contributed by atoms with van der Waals surface area (Å²) in [5.74, 6) is -0.877. The van der Waals surface area contributed by atoms with Crippen molar-refractivity contribution < 1.29 is 18.7 Å². The number of para-hydroxylation sites is 1. The molecule has 0 aliphatic rings. The lowest BCUT2D eigenvalue weighted by Crippen LogP contribution is -2.11. The van der Waals surface area contributed by atoms with Crippen LogP contribution in [0.15, 0.2) is 61.2 Å². The second-order valence-electron chi connectivity index (χ2n) is 5.18. The third kappa shape index (κ3) is 5.31. The Morgan fingerprint density at radius 1 is 1.15 bits per heavy atom. The van der Waals surface area contributed by atoms with Crippen molar-refractivity contribution in [3.8, 4) is 5.75 Å². The van der Waals surface area contributed by atoms with E-state index in [2.05, 4.69) is 17.2 Å². The second-order valence-corrected chi connectivity index (χ2v) is 5.18. The Morgan fingerprint density at radius 2 is 1.92 bits per heavy atom. The van der Waals surface area contributed by atoms with Crippen molar-refractivity contribution in [1.82, 2.24) is 0 Å². The van der Waals surface area contributed by atoms with Crippen LogP contribution in [0.25, 0.3) is 6.08 Å². The number of carbonyl (C=O) groups excluding carboxylic acids is 2. The predicted octanol–water partition coefficient (Wildman–Crippen LogP) is 4.00. The molecule has 0 spiro atoms. The van der Waals surface area contributed by atoms with Crippen LogP contribution < -0.4 is 15.4 Å². The molecule has 0 atom stereocenters. The smallest absolute Gasteiger partial charge is 0.248 e. The highest BCUT2D eigenvalue weighted by Gasteiger charge is 2.07. The lowest BCUT2D eigenvalue weighted by molar-refractivity contribution is -0.112. The number of carbonyl (C=O) groups is 2. The fourth-order valence-corrected chi connectivity index (χ4v) is 2.14. The van der Waals surface area contributed by atoms with Gasteiger partial charge >= 0.3 is 0 Å². The summed E-state index contributed by atoms with van der Waals surface area (Å²) in [4.78, 5) is 23.4. The van der Waals surface area contributed by atoms with E-state index in [4.69, 9.17) is 4.74 Å². The molecular formula is C20H19FN2O3. The number of hydrogen-bond acceptors (Lipinski definition) is 3. The van der Waals surface area contributed by atoms with E-state index in [1.165, 1.54) is 18.2 Å². The van der Waals surface area contributed by atoms with Crippen LogP contribution >= 0.6 is 0 Å². The maximum absolute atomic E-state index is 13.7. The molecule has 2 N–H and O–H groups in total. The molecule has 0 unspecified atom stereocenters. The topological polar surface area (TPSA) is 67.4 Å². The second kappa shape index (κ2) is 9.17. The first-order chi connectivity index (χ1) is 12.5. The van der Waals surface area contributed by atoms with Gasteiger partial charge in [0.1, 0.15) is 11.6 Å². The molecule has 0 aliphatic heterocycles. The van der Waals surface area contributed by atoms with Gasteiger partial charge in [0.05, 0.1) is 12.3 Å². The van der Waals surface area contributed by atoms with E-state index in [1.807, 2.05) is 31.2 Å². The lowest BCUT2D eigenvalue weighted by atomic mass is 10.2. The maximum Gasteiger partial charge on any atom is 0.248 e. The first kappa shape index (κ1) is 18.9. The molecule has 26 heavy (non-hydrogen) atoms. The number of amides is 2. The van der Waals surface area contributed by atoms with Crippen LogP contribution in [0.3, 0.4) is 0 Å². The molecule has 2 amide bonds. The van der Waals surface area contributed by atoms with Gasteiger partial charge in [-0.05, 0) is 43.3 Å². The summed E-state index contributed by atoms with van der Waals surface area (Å²) in [6.07, 6.45) is 4.01. The van der Waals surface area contributed by atoms with E-state index in [1.54, 1.807) is 6.08 Å². The fourth-order valence-electron chi connectivity index (χ4n) is 2.14. The molecule has 0 bridgehead atoms. The Morgan fingerprint density at radius 3 is 2.65 bits per heavy atom. The Labute approximate surface area is 151 Å². The van der Waals surface area contributed by atoms with Crippen LogP contribution in [0, 0.1) is 5.82 Å². The number of ether oxygens (including phenoxy) is 1. The van der Waals surface area contributed by atoms with Crippen LogP contribution in [-0.2, 0) is 9.59 Å². The standard InChI is InChI=1S/C20H19FN2O3/c1-3-19(24)23-17-13-15(10-11-16(17)21)22-20(25)12-9-14-7-5-6-8-18(14)26-4-2/h3,5-13H,1,4H2,2H3,(H,22,25)(H,23,24)/b12-9+. The molecule has 5 nitrogen and oxygen atoms in total. The van der Waals surface area contributed by atoms with Crippen LogP contribution in [-0.4, -0.2) is 18.4 Å². The summed E-state index contributed by atoms with van der Waals surface area (Å²) in [5, 5.41) is 4.95. The SMILES string of the molecule is C=CC(=O)Nc1cc(NC(=O)/C=C/c2ccccc2OCC)ccc1F. The van der Waals surface area contributed by atoms with Gasteiger partial charge in [-0.15, -0.1) is 0 Å². The van der Waals surface area contributed by atoms with E-state index in [-0.39, 0.29) is 5.69 Å². The largest absolute Gasteiger partial charge is 0.493 e. The predicted molar refractivity (Wildman–Crippen MR) is 101 cm³/mol. The molecule has 2 aromatic carbocycles. The van der Waals surface area contributed by atoms with Crippen LogP contribution in [0.2, 0.25) is 0 Å². The normalized spacial score (nSPS) is 10.4. The summed E-state index contributed by atoms with van der Waals surface area (Å²) in [7, 11) is 0. The van der Waals surface area contributed by atoms with Gasteiger partial charge in [-0.25, -0.2) is 4.39 Å². The summed E-state index contributed by atoms with van der Waals surface area (Å²) >= 11 is 0. The van der Waals surface area contributed by atoms with Gasteiger partial charge in [-0.2, -0.15) is 0 Å². The van der Waals surface area contributed by atoms with Gasteiger partial charge in [-0.1, -0.05) is 24.8 Å². The molecule has 0 heterocycles. The number of hydrogen-bond donors (Lipinski definition) is 2. The maximum atomic E-state index is 13.7. The molecule has 0 fully saturated rings. The number of halogens is 1. The molecule has 0 saturated carbocycles. The third-order valence-electron chi connectivity index (χ3n) is 3.31. The van der Waals surface area contributed by atoms with Crippen molar-refractivity contribution in [3.05, 3.63) is 72.6 Å². The molecule has 0 aromatic heterocycles. The Bertz CT molecular complexity index is 847. The van der Waals surface area contributed by atoms with Gasteiger partial charge in [0, 0.05) is 17.3 Å². The summed E-state index contributed by atoms with van der Waals surface area (Å²) in [5.41, 5.74) is 1.07. The molecule has 6 heteroatoms. The molecular weight excluding hydrogens is 335 g/mol. The third-order valence-corrected chi connectivity index (χ3v) is 3.31. The minimum atomic E-state index is -0.612. The van der Waals surface area contributed by atoms with E-state index in [0.29, 0.717) is 18.0 Å². The molecule has 2 aromatic rings.